The third kappa shape index (κ3) is 6.52. The molecule has 1 saturated heterocycles. The van der Waals surface area contributed by atoms with E-state index in [4.69, 9.17) is 15.3 Å². The normalized spacial score (nSPS) is 14.5. The van der Waals surface area contributed by atoms with Crippen LogP contribution in [0.1, 0.15) is 33.6 Å². The SMILES string of the molecule is CC(C)(C)OC(=O)N1CCC(Nc2ccc(NN=C(C#N)C#N)cc2)CC1. The lowest BCUT2D eigenvalue weighted by Gasteiger charge is -2.34. The zero-order chi connectivity index (χ0) is 19.9. The number of carbonyl (C=O) groups is 1. The Balaban J connectivity index is 1.82. The predicted molar refractivity (Wildman–Crippen MR) is 103 cm³/mol. The van der Waals surface area contributed by atoms with Gasteiger partial charge in [0.25, 0.3) is 0 Å². The quantitative estimate of drug-likeness (QED) is 0.622. The third-order valence-corrected chi connectivity index (χ3v) is 3.91. The molecule has 27 heavy (non-hydrogen) atoms. The lowest BCUT2D eigenvalue weighted by atomic mass is 10.0. The maximum atomic E-state index is 12.1. The molecule has 0 aliphatic carbocycles. The van der Waals surface area contributed by atoms with Gasteiger partial charge in [-0.3, -0.25) is 5.43 Å². The smallest absolute Gasteiger partial charge is 0.410 e. The van der Waals surface area contributed by atoms with E-state index in [1.807, 2.05) is 45.0 Å². The van der Waals surface area contributed by atoms with Gasteiger partial charge in [-0.15, -0.1) is 0 Å². The monoisotopic (exact) mass is 368 g/mol. The molecule has 0 radical (unpaired) electrons. The molecule has 1 aliphatic rings. The Labute approximate surface area is 159 Å². The first-order chi connectivity index (χ1) is 12.8. The number of piperidine rings is 1. The molecule has 0 bridgehead atoms. The van der Waals surface area contributed by atoms with Crippen LogP contribution in [0.5, 0.6) is 0 Å². The molecular formula is C19H24N6O2. The van der Waals surface area contributed by atoms with E-state index in [0.29, 0.717) is 18.8 Å². The number of benzene rings is 1. The number of nitrogens with zero attached hydrogens (tertiary/aromatic N) is 4. The van der Waals surface area contributed by atoms with Gasteiger partial charge < -0.3 is 15.0 Å². The summed E-state index contributed by atoms with van der Waals surface area (Å²) in [5.41, 5.74) is 3.61. The fraction of sp³-hybridized carbons (Fsp3) is 0.474. The van der Waals surface area contributed by atoms with Gasteiger partial charge in [-0.2, -0.15) is 15.6 Å². The zero-order valence-electron chi connectivity index (χ0n) is 15.8. The van der Waals surface area contributed by atoms with Crippen molar-refractivity contribution >= 4 is 23.2 Å². The topological polar surface area (TPSA) is 114 Å². The van der Waals surface area contributed by atoms with Crippen molar-refractivity contribution in [3.05, 3.63) is 24.3 Å². The van der Waals surface area contributed by atoms with Gasteiger partial charge >= 0.3 is 6.09 Å². The molecule has 8 heteroatoms. The highest BCUT2D eigenvalue weighted by atomic mass is 16.6. The average molecular weight is 368 g/mol. The lowest BCUT2D eigenvalue weighted by molar-refractivity contribution is 0.0210. The summed E-state index contributed by atoms with van der Waals surface area (Å²) < 4.78 is 5.41. The van der Waals surface area contributed by atoms with E-state index in [0.717, 1.165) is 18.5 Å². The lowest BCUT2D eigenvalue weighted by Crippen LogP contribution is -2.44. The van der Waals surface area contributed by atoms with Crippen molar-refractivity contribution in [2.75, 3.05) is 23.8 Å². The molecule has 2 N–H and O–H groups in total. The Morgan fingerprint density at radius 1 is 1.15 bits per heavy atom. The molecular weight excluding hydrogens is 344 g/mol. The van der Waals surface area contributed by atoms with Gasteiger partial charge in [-0.25, -0.2) is 4.79 Å². The van der Waals surface area contributed by atoms with Crippen molar-refractivity contribution in [1.82, 2.24) is 4.90 Å². The maximum Gasteiger partial charge on any atom is 0.410 e. The van der Waals surface area contributed by atoms with Crippen LogP contribution in [-0.2, 0) is 4.74 Å². The third-order valence-electron chi connectivity index (χ3n) is 3.91. The van der Waals surface area contributed by atoms with Crippen molar-refractivity contribution in [2.24, 2.45) is 5.10 Å². The van der Waals surface area contributed by atoms with Crippen LogP contribution in [-0.4, -0.2) is 41.4 Å². The summed E-state index contributed by atoms with van der Waals surface area (Å²) in [5.74, 6) is 0. The van der Waals surface area contributed by atoms with E-state index in [9.17, 15) is 4.79 Å². The molecule has 8 nitrogen and oxygen atoms in total. The molecule has 1 aromatic rings. The minimum Gasteiger partial charge on any atom is -0.444 e. The number of anilines is 2. The Morgan fingerprint density at radius 3 is 2.22 bits per heavy atom. The Kier molecular flexibility index (Phi) is 6.62. The van der Waals surface area contributed by atoms with Crippen molar-refractivity contribution in [3.8, 4) is 12.1 Å². The largest absolute Gasteiger partial charge is 0.444 e. The number of rotatable bonds is 4. The van der Waals surface area contributed by atoms with E-state index >= 15 is 0 Å². The summed E-state index contributed by atoms with van der Waals surface area (Å²) in [4.78, 5) is 13.8. The second kappa shape index (κ2) is 8.91. The molecule has 0 aromatic heterocycles. The van der Waals surface area contributed by atoms with Crippen LogP contribution in [0.2, 0.25) is 0 Å². The molecule has 1 fully saturated rings. The van der Waals surface area contributed by atoms with E-state index in [1.165, 1.54) is 0 Å². The van der Waals surface area contributed by atoms with Gasteiger partial charge in [0.15, 0.2) is 0 Å². The first-order valence-corrected chi connectivity index (χ1v) is 8.79. The van der Waals surface area contributed by atoms with Crippen molar-refractivity contribution in [1.29, 1.82) is 10.5 Å². The van der Waals surface area contributed by atoms with Crippen molar-refractivity contribution in [3.63, 3.8) is 0 Å². The van der Waals surface area contributed by atoms with Gasteiger partial charge in [-0.1, -0.05) is 0 Å². The standard InChI is InChI=1S/C19H24N6O2/c1-19(2,3)27-18(26)25-10-8-15(9-11-25)22-14-4-6-16(7-5-14)23-24-17(12-20)13-21/h4-7,15,22-23H,8-11H2,1-3H3. The summed E-state index contributed by atoms with van der Waals surface area (Å²) in [5, 5.41) is 24.5. The molecule has 1 aliphatic heterocycles. The van der Waals surface area contributed by atoms with Crippen LogP contribution in [0, 0.1) is 22.7 Å². The fourth-order valence-corrected chi connectivity index (χ4v) is 2.61. The Bertz CT molecular complexity index is 743. The van der Waals surface area contributed by atoms with Crippen LogP contribution in [0.15, 0.2) is 29.4 Å². The summed E-state index contributed by atoms with van der Waals surface area (Å²) in [6.45, 7) is 6.91. The average Bonchev–Trinajstić information content (AvgIpc) is 2.63. The van der Waals surface area contributed by atoms with Crippen LogP contribution >= 0.6 is 0 Å². The molecule has 1 aromatic carbocycles. The van der Waals surface area contributed by atoms with Gasteiger partial charge in [0.2, 0.25) is 5.71 Å². The van der Waals surface area contributed by atoms with Crippen LogP contribution < -0.4 is 10.7 Å². The Morgan fingerprint density at radius 2 is 1.70 bits per heavy atom. The van der Waals surface area contributed by atoms with Gasteiger partial charge in [-0.05, 0) is 57.9 Å². The number of nitrogens with one attached hydrogen (secondary N) is 2. The highest BCUT2D eigenvalue weighted by Crippen LogP contribution is 2.20. The van der Waals surface area contributed by atoms with Crippen molar-refractivity contribution in [2.45, 2.75) is 45.3 Å². The Hall–Kier alpha value is -3.26. The van der Waals surface area contributed by atoms with Crippen LogP contribution in [0.25, 0.3) is 0 Å². The van der Waals surface area contributed by atoms with Gasteiger partial charge in [0.1, 0.15) is 17.7 Å². The number of hydrazone groups is 1. The van der Waals surface area contributed by atoms with E-state index in [-0.39, 0.29) is 17.8 Å². The van der Waals surface area contributed by atoms with E-state index < -0.39 is 5.60 Å². The highest BCUT2D eigenvalue weighted by Gasteiger charge is 2.26. The minimum absolute atomic E-state index is 0.228. The van der Waals surface area contributed by atoms with Gasteiger partial charge in [0.05, 0.1) is 5.69 Å². The fourth-order valence-electron chi connectivity index (χ4n) is 2.61. The molecule has 0 saturated carbocycles. The molecule has 142 valence electrons. The summed E-state index contributed by atoms with van der Waals surface area (Å²) >= 11 is 0. The highest BCUT2D eigenvalue weighted by molar-refractivity contribution is 6.10. The van der Waals surface area contributed by atoms with Crippen LogP contribution in [0.3, 0.4) is 0 Å². The number of amides is 1. The van der Waals surface area contributed by atoms with E-state index in [2.05, 4.69) is 15.8 Å². The second-order valence-corrected chi connectivity index (χ2v) is 7.26. The van der Waals surface area contributed by atoms with E-state index in [1.54, 1.807) is 17.0 Å². The maximum absolute atomic E-state index is 12.1. The second-order valence-electron chi connectivity index (χ2n) is 7.26. The number of hydrogen-bond donors (Lipinski definition) is 2. The number of ether oxygens (including phenoxy) is 1. The molecule has 0 atom stereocenters. The van der Waals surface area contributed by atoms with Crippen molar-refractivity contribution < 1.29 is 9.53 Å². The summed E-state index contributed by atoms with van der Waals surface area (Å²) in [7, 11) is 0. The van der Waals surface area contributed by atoms with Gasteiger partial charge in [0, 0.05) is 24.8 Å². The zero-order valence-corrected chi connectivity index (χ0v) is 15.8. The molecule has 0 unspecified atom stereocenters. The number of nitriles is 2. The first-order valence-electron chi connectivity index (χ1n) is 8.79. The number of hydrogen-bond acceptors (Lipinski definition) is 7. The molecule has 0 spiro atoms. The first kappa shape index (κ1) is 20.1. The predicted octanol–water partition coefficient (Wildman–Crippen LogP) is 3.31. The van der Waals surface area contributed by atoms with Crippen LogP contribution in [0.4, 0.5) is 16.2 Å². The minimum atomic E-state index is -0.479. The molecule has 1 amide bonds. The molecule has 1 heterocycles. The molecule has 2 rings (SSSR count). The number of likely N-dealkylation sites (tertiary alicyclic amines) is 1. The number of carbonyl (C=O) groups excluding carboxylic acids is 1. The summed E-state index contributed by atoms with van der Waals surface area (Å²) in [6, 6.07) is 11.1. The summed E-state index contributed by atoms with van der Waals surface area (Å²) in [6.07, 6.45) is 1.43.